The number of rotatable bonds is 2. The number of nitrogens with two attached hydrogens (primary N) is 1. The van der Waals surface area contributed by atoms with Crippen molar-refractivity contribution in [3.05, 3.63) is 33.4 Å². The van der Waals surface area contributed by atoms with Crippen molar-refractivity contribution < 1.29 is 45.8 Å². The first-order valence-electron chi connectivity index (χ1n) is 12.7. The lowest BCUT2D eigenvalue weighted by atomic mass is 10.1. The lowest BCUT2D eigenvalue weighted by Gasteiger charge is -2.28. The Morgan fingerprint density at radius 1 is 1.11 bits per heavy atom. The van der Waals surface area contributed by atoms with Crippen LogP contribution in [0.15, 0.2) is 22.2 Å². The molecule has 8 atom stereocenters. The minimum Gasteiger partial charge on any atom is -0.369 e. The third kappa shape index (κ3) is 5.52. The normalized spacial score (nSPS) is 35.6. The van der Waals surface area contributed by atoms with Crippen LogP contribution < -0.4 is 16.9 Å². The van der Waals surface area contributed by atoms with Gasteiger partial charge in [0.15, 0.2) is 34.7 Å². The van der Waals surface area contributed by atoms with E-state index in [1.807, 2.05) is 0 Å². The number of ether oxygens (including phenoxy) is 2. The zero-order valence-electron chi connectivity index (χ0n) is 22.1. The molecule has 242 valence electrons. The van der Waals surface area contributed by atoms with E-state index < -0.39 is 80.6 Å². The fourth-order valence-electron chi connectivity index (χ4n) is 5.15. The quantitative estimate of drug-likeness (QED) is 0.137. The van der Waals surface area contributed by atoms with Gasteiger partial charge in [0.05, 0.1) is 32.0 Å². The maximum Gasteiger partial charge on any atom is 0.386 e. The molecule has 0 saturated carbocycles. The second-order valence-corrected chi connectivity index (χ2v) is 15.7. The molecule has 3 aliphatic heterocycles. The summed E-state index contributed by atoms with van der Waals surface area (Å²) in [6, 6.07) is 0. The molecule has 7 rings (SSSR count). The number of imidazole rings is 1. The van der Waals surface area contributed by atoms with Crippen LogP contribution in [0.5, 0.6) is 0 Å². The Morgan fingerprint density at radius 2 is 1.91 bits per heavy atom. The van der Waals surface area contributed by atoms with Gasteiger partial charge in [-0.1, -0.05) is 17.5 Å². The second-order valence-electron chi connectivity index (χ2n) is 10.00. The number of aromatic amines is 2. The Balaban J connectivity index is 1.21. The van der Waals surface area contributed by atoms with E-state index >= 15 is 8.78 Å². The maximum absolute atomic E-state index is 15.9. The first-order valence-corrected chi connectivity index (χ1v) is 18.0. The van der Waals surface area contributed by atoms with Gasteiger partial charge in [-0.2, -0.15) is 18.4 Å². The zero-order valence-corrected chi connectivity index (χ0v) is 25.6. The summed E-state index contributed by atoms with van der Waals surface area (Å²) < 4.78 is 80.4. The lowest BCUT2D eigenvalue weighted by Crippen LogP contribution is -2.41. The van der Waals surface area contributed by atoms with Crippen LogP contribution >= 0.6 is 25.8 Å². The summed E-state index contributed by atoms with van der Waals surface area (Å²) in [5.41, 5.74) is 3.56. The SMILES string of the molecule is Nc1nc2c(ncn2[C@@H]2O[C@@H]3COP(O)(=S)O[C@@H]4[C@@H](COP(=O)(S)O[C@@H]2C3)O[C@@H](n2nnc3c(=O)[nH]cnc32)C4(F)F)c(=O)[nH]1. The summed E-state index contributed by atoms with van der Waals surface area (Å²) in [5.74, 6) is -4.23. The second kappa shape index (κ2) is 10.9. The van der Waals surface area contributed by atoms with Crippen LogP contribution in [0.3, 0.4) is 0 Å². The molecule has 0 aromatic carbocycles. The largest absolute Gasteiger partial charge is 0.386 e. The predicted molar refractivity (Wildman–Crippen MR) is 151 cm³/mol. The number of hydrogen-bond acceptors (Lipinski definition) is 16. The van der Waals surface area contributed by atoms with Gasteiger partial charge in [0, 0.05) is 6.42 Å². The monoisotopic (exact) mass is 712 g/mol. The highest BCUT2D eigenvalue weighted by atomic mass is 32.7. The van der Waals surface area contributed by atoms with Gasteiger partial charge in [0.25, 0.3) is 11.1 Å². The summed E-state index contributed by atoms with van der Waals surface area (Å²) in [4.78, 5) is 51.7. The van der Waals surface area contributed by atoms with Gasteiger partial charge in [-0.3, -0.25) is 32.7 Å². The standard InChI is InChI=1S/C19H20F2N10O10P2S2/c20-19(21)11-8(39-17(19)31-12-10(28-29-31)14(32)24-4-23-12)3-37-42(34,44)40-7-1-6(2-36-43(35,45)41-11)38-16(7)30-5-25-9-13(30)26-18(22)27-15(9)33/h4-8,11,16-17H,1-3H2,(H,34,44)(H,35,45)(H,23,24,32)(H3,22,26,27,33)/t6-,7+,8+,11+,16+,17+,42?,43?/m0/s1. The van der Waals surface area contributed by atoms with E-state index in [0.717, 1.165) is 6.33 Å². The Morgan fingerprint density at radius 3 is 2.71 bits per heavy atom. The highest BCUT2D eigenvalue weighted by Gasteiger charge is 2.63. The number of fused-ring (bicyclic) bond motifs is 5. The Labute approximate surface area is 257 Å². The fourth-order valence-corrected chi connectivity index (χ4v) is 8.08. The first-order chi connectivity index (χ1) is 21.2. The number of anilines is 1. The molecule has 4 aromatic rings. The molecular weight excluding hydrogens is 692 g/mol. The summed E-state index contributed by atoms with van der Waals surface area (Å²) in [5, 5.41) is 7.18. The van der Waals surface area contributed by atoms with Crippen molar-refractivity contribution in [2.45, 2.75) is 49.2 Å². The molecule has 3 saturated heterocycles. The van der Waals surface area contributed by atoms with E-state index in [1.165, 1.54) is 10.9 Å². The molecule has 5 N–H and O–H groups in total. The van der Waals surface area contributed by atoms with E-state index in [4.69, 9.17) is 45.1 Å². The number of nitrogens with zero attached hydrogens (tertiary/aromatic N) is 7. The van der Waals surface area contributed by atoms with Gasteiger partial charge in [0.2, 0.25) is 12.2 Å². The van der Waals surface area contributed by atoms with E-state index in [2.05, 4.69) is 47.5 Å². The van der Waals surface area contributed by atoms with Gasteiger partial charge in [0.1, 0.15) is 12.2 Å². The van der Waals surface area contributed by atoms with Gasteiger partial charge in [-0.15, -0.1) is 5.10 Å². The Bertz CT molecular complexity index is 2030. The Kier molecular flexibility index (Phi) is 7.48. The van der Waals surface area contributed by atoms with Gasteiger partial charge >= 0.3 is 19.4 Å². The average molecular weight is 713 g/mol. The zero-order chi connectivity index (χ0) is 31.9. The van der Waals surface area contributed by atoms with Crippen molar-refractivity contribution in [1.29, 1.82) is 0 Å². The predicted octanol–water partition coefficient (Wildman–Crippen LogP) is 0.122. The highest BCUT2D eigenvalue weighted by Crippen LogP contribution is 2.59. The van der Waals surface area contributed by atoms with Crippen molar-refractivity contribution in [3.63, 3.8) is 0 Å². The number of alkyl halides is 2. The van der Waals surface area contributed by atoms with Crippen LogP contribution in [0, 0.1) is 0 Å². The molecule has 2 unspecified atom stereocenters. The number of nitrogen functional groups attached to an aromatic ring is 1. The average Bonchev–Trinajstić information content (AvgIpc) is 3.71. The minimum absolute atomic E-state index is 0.00986. The topological polar surface area (TPSA) is 259 Å². The van der Waals surface area contributed by atoms with Crippen molar-refractivity contribution >= 4 is 65.8 Å². The summed E-state index contributed by atoms with van der Waals surface area (Å²) in [6.45, 7) is -10.2. The van der Waals surface area contributed by atoms with Crippen LogP contribution in [-0.4, -0.2) is 92.9 Å². The van der Waals surface area contributed by atoms with Gasteiger partial charge in [-0.05, 0) is 11.8 Å². The lowest BCUT2D eigenvalue weighted by molar-refractivity contribution is -0.140. The molecule has 7 heterocycles. The number of aromatic nitrogens is 9. The summed E-state index contributed by atoms with van der Waals surface area (Å²) >= 11 is 9.06. The number of halogens is 2. The number of nitrogens with one attached hydrogen (secondary N) is 2. The molecule has 3 aliphatic rings. The molecule has 4 aromatic heterocycles. The van der Waals surface area contributed by atoms with E-state index in [-0.39, 0.29) is 34.7 Å². The Hall–Kier alpha value is -2.76. The smallest absolute Gasteiger partial charge is 0.369 e. The molecule has 2 bridgehead atoms. The highest BCUT2D eigenvalue weighted by molar-refractivity contribution is 8.44. The van der Waals surface area contributed by atoms with Gasteiger partial charge < -0.3 is 29.6 Å². The molecular formula is C19H20F2N10O10P2S2. The molecule has 0 spiro atoms. The van der Waals surface area contributed by atoms with Crippen LogP contribution in [0.2, 0.25) is 0 Å². The van der Waals surface area contributed by atoms with Crippen molar-refractivity contribution in [2.75, 3.05) is 18.9 Å². The van der Waals surface area contributed by atoms with E-state index in [9.17, 15) is 19.0 Å². The fraction of sp³-hybridized carbons (Fsp3) is 0.526. The van der Waals surface area contributed by atoms with Crippen molar-refractivity contribution in [2.24, 2.45) is 0 Å². The van der Waals surface area contributed by atoms with Crippen molar-refractivity contribution in [1.82, 2.24) is 44.5 Å². The van der Waals surface area contributed by atoms with E-state index in [0.29, 0.717) is 4.68 Å². The van der Waals surface area contributed by atoms with Crippen LogP contribution in [-0.2, 0) is 43.9 Å². The molecule has 45 heavy (non-hydrogen) atoms. The summed E-state index contributed by atoms with van der Waals surface area (Å²) in [6.07, 6.45) is -7.50. The molecule has 0 amide bonds. The van der Waals surface area contributed by atoms with Crippen molar-refractivity contribution in [3.8, 4) is 0 Å². The van der Waals surface area contributed by atoms with Crippen LogP contribution in [0.25, 0.3) is 22.3 Å². The third-order valence-electron chi connectivity index (χ3n) is 7.05. The number of hydrogen-bond donors (Lipinski definition) is 5. The molecule has 26 heteroatoms. The minimum atomic E-state index is -4.46. The maximum atomic E-state index is 15.9. The molecule has 3 fully saturated rings. The van der Waals surface area contributed by atoms with Crippen LogP contribution in [0.4, 0.5) is 14.7 Å². The van der Waals surface area contributed by atoms with Crippen LogP contribution in [0.1, 0.15) is 18.9 Å². The molecule has 0 radical (unpaired) electrons. The molecule has 20 nitrogen and oxygen atoms in total. The third-order valence-corrected chi connectivity index (χ3v) is 10.2. The molecule has 0 aliphatic carbocycles. The van der Waals surface area contributed by atoms with E-state index in [1.54, 1.807) is 0 Å². The summed E-state index contributed by atoms with van der Waals surface area (Å²) in [7, 11) is 0. The number of thiol groups is 1. The first kappa shape index (κ1) is 30.9. The van der Waals surface area contributed by atoms with Gasteiger partial charge in [-0.25, -0.2) is 14.5 Å². The number of H-pyrrole nitrogens is 2.